The number of fused-ring (bicyclic) bond motifs is 1. The number of rotatable bonds is 5. The van der Waals surface area contributed by atoms with Gasteiger partial charge in [0.2, 0.25) is 5.78 Å². The lowest BCUT2D eigenvalue weighted by molar-refractivity contribution is -0.578. The van der Waals surface area contributed by atoms with Crippen LogP contribution in [-0.4, -0.2) is 11.6 Å². The minimum absolute atomic E-state index is 0.153. The predicted molar refractivity (Wildman–Crippen MR) is 123 cm³/mol. The smallest absolute Gasteiger partial charge is 0.286 e. The first kappa shape index (κ1) is 20.7. The van der Waals surface area contributed by atoms with Crippen LogP contribution in [0, 0.1) is 13.8 Å². The molecule has 1 aromatic heterocycles. The number of aryl methyl sites for hydroxylation is 4. The molecule has 0 spiro atoms. The fourth-order valence-electron chi connectivity index (χ4n) is 4.29. The number of pyridine rings is 1. The molecule has 1 N–H and O–H groups in total. The van der Waals surface area contributed by atoms with Gasteiger partial charge in [0.15, 0.2) is 18.1 Å². The van der Waals surface area contributed by atoms with Gasteiger partial charge in [-0.05, 0) is 43.9 Å². The van der Waals surface area contributed by atoms with E-state index in [0.29, 0.717) is 22.5 Å². The topological polar surface area (TPSA) is 50.1 Å². The number of hydrogen-bond donors (Lipinski definition) is 1. The molecule has 0 amide bonds. The van der Waals surface area contributed by atoms with Crippen molar-refractivity contribution in [3.63, 3.8) is 0 Å². The van der Waals surface area contributed by atoms with Gasteiger partial charge in [-0.25, -0.2) is 0 Å². The van der Waals surface area contributed by atoms with Gasteiger partial charge in [0.25, 0.3) is 11.5 Å². The Balaban J connectivity index is 1.99. The molecule has 31 heavy (non-hydrogen) atoms. The number of aromatic nitrogens is 1. The maximum Gasteiger partial charge on any atom is 0.286 e. The third-order valence-corrected chi connectivity index (χ3v) is 5.74. The monoisotopic (exact) mass is 411 g/mol. The lowest BCUT2D eigenvalue weighted by Crippen LogP contribution is -2.42. The van der Waals surface area contributed by atoms with Gasteiger partial charge in [-0.3, -0.25) is 9.59 Å². The quantitative estimate of drug-likeness (QED) is 0.596. The maximum atomic E-state index is 13.6. The van der Waals surface area contributed by atoms with Crippen LogP contribution in [0.3, 0.4) is 0 Å². The van der Waals surface area contributed by atoms with E-state index >= 15 is 0 Å². The zero-order valence-electron chi connectivity index (χ0n) is 18.5. The van der Waals surface area contributed by atoms with Crippen molar-refractivity contribution < 1.29 is 14.2 Å². The van der Waals surface area contributed by atoms with Crippen molar-refractivity contribution in [3.05, 3.63) is 100 Å². The molecule has 4 nitrogen and oxygen atoms in total. The van der Waals surface area contributed by atoms with Crippen molar-refractivity contribution in [2.75, 3.05) is 5.32 Å². The Morgan fingerprint density at radius 1 is 0.774 bits per heavy atom. The first-order chi connectivity index (χ1) is 14.9. The fraction of sp³-hybridized carbons (Fsp3) is 0.222. The summed E-state index contributed by atoms with van der Waals surface area (Å²) in [4.78, 5) is 27.3. The van der Waals surface area contributed by atoms with Gasteiger partial charge in [-0.2, -0.15) is 4.57 Å². The lowest BCUT2D eigenvalue weighted by atomic mass is 9.89. The molecule has 0 saturated heterocycles. The van der Waals surface area contributed by atoms with Crippen LogP contribution < -0.4 is 9.88 Å². The van der Waals surface area contributed by atoms with Crippen molar-refractivity contribution in [2.45, 2.75) is 40.5 Å². The summed E-state index contributed by atoms with van der Waals surface area (Å²) < 4.78 is 1.79. The highest BCUT2D eigenvalue weighted by molar-refractivity contribution is 6.36. The molecular formula is C27H27N2O2+. The van der Waals surface area contributed by atoms with E-state index in [4.69, 9.17) is 0 Å². The van der Waals surface area contributed by atoms with Crippen LogP contribution in [0.5, 0.6) is 0 Å². The number of carbonyl (C=O) groups is 2. The van der Waals surface area contributed by atoms with Crippen molar-refractivity contribution in [1.29, 1.82) is 0 Å². The summed E-state index contributed by atoms with van der Waals surface area (Å²) >= 11 is 0. The van der Waals surface area contributed by atoms with E-state index in [1.807, 2.05) is 32.3 Å². The molecule has 3 aromatic rings. The molecule has 0 atom stereocenters. The predicted octanol–water partition coefficient (Wildman–Crippen LogP) is 5.08. The van der Waals surface area contributed by atoms with E-state index in [-0.39, 0.29) is 11.6 Å². The van der Waals surface area contributed by atoms with Crippen LogP contribution in [0.2, 0.25) is 0 Å². The number of anilines is 1. The van der Waals surface area contributed by atoms with Crippen molar-refractivity contribution >= 4 is 23.0 Å². The Labute approximate surface area is 183 Å². The van der Waals surface area contributed by atoms with E-state index < -0.39 is 0 Å². The molecule has 0 bridgehead atoms. The molecule has 4 heteroatoms. The van der Waals surface area contributed by atoms with Gasteiger partial charge < -0.3 is 5.32 Å². The molecule has 156 valence electrons. The molecule has 0 saturated carbocycles. The molecule has 1 aliphatic carbocycles. The van der Waals surface area contributed by atoms with Crippen LogP contribution in [0.25, 0.3) is 5.70 Å². The average molecular weight is 412 g/mol. The van der Waals surface area contributed by atoms with E-state index in [2.05, 4.69) is 37.4 Å². The SMILES string of the molecule is CCc1cccc(CC)c1NC1=C([n+]2cc(C)cc(C)c2)C(=O)c2ccccc2C1=O. The Kier molecular flexibility index (Phi) is 5.55. The standard InChI is InChI=1S/C27H26N2O2/c1-5-19-10-9-11-20(6-2)23(19)28-24-25(29-15-17(3)14-18(4)16-29)27(31)22-13-8-7-12-21(22)26(24)30/h7-16H,5-6H2,1-4H3/p+1. The van der Waals surface area contributed by atoms with Crippen LogP contribution in [0.1, 0.15) is 56.8 Å². The zero-order valence-corrected chi connectivity index (χ0v) is 18.5. The minimum Gasteiger partial charge on any atom is -0.346 e. The number of ketones is 2. The molecule has 0 aliphatic heterocycles. The summed E-state index contributed by atoms with van der Waals surface area (Å²) in [7, 11) is 0. The summed E-state index contributed by atoms with van der Waals surface area (Å²) in [5, 5.41) is 3.42. The van der Waals surface area contributed by atoms with Crippen LogP contribution >= 0.6 is 0 Å². The van der Waals surface area contributed by atoms with Crippen molar-refractivity contribution in [2.24, 2.45) is 0 Å². The summed E-state index contributed by atoms with van der Waals surface area (Å²) in [6, 6.07) is 15.3. The second-order valence-corrected chi connectivity index (χ2v) is 8.01. The number of nitrogens with one attached hydrogen (secondary N) is 1. The number of hydrogen-bond acceptors (Lipinski definition) is 3. The van der Waals surface area contributed by atoms with Gasteiger partial charge in [-0.1, -0.05) is 56.3 Å². The Bertz CT molecular complexity index is 1200. The fourth-order valence-corrected chi connectivity index (χ4v) is 4.29. The van der Waals surface area contributed by atoms with Gasteiger partial charge in [-0.15, -0.1) is 0 Å². The lowest BCUT2D eigenvalue weighted by Gasteiger charge is -2.21. The summed E-state index contributed by atoms with van der Waals surface area (Å²) in [6.07, 6.45) is 5.45. The van der Waals surface area contributed by atoms with E-state index in [9.17, 15) is 9.59 Å². The molecule has 0 unspecified atom stereocenters. The minimum atomic E-state index is -0.162. The van der Waals surface area contributed by atoms with Crippen molar-refractivity contribution in [3.8, 4) is 0 Å². The molecule has 0 fully saturated rings. The van der Waals surface area contributed by atoms with Crippen LogP contribution in [0.4, 0.5) is 5.69 Å². The molecule has 4 rings (SSSR count). The molecule has 2 aromatic carbocycles. The average Bonchev–Trinajstić information content (AvgIpc) is 2.76. The summed E-state index contributed by atoms with van der Waals surface area (Å²) in [6.45, 7) is 8.16. The second kappa shape index (κ2) is 8.31. The largest absolute Gasteiger partial charge is 0.346 e. The first-order valence-corrected chi connectivity index (χ1v) is 10.7. The highest BCUT2D eigenvalue weighted by Crippen LogP contribution is 2.31. The molecular weight excluding hydrogens is 384 g/mol. The summed E-state index contributed by atoms with van der Waals surface area (Å²) in [5.74, 6) is -0.315. The number of carbonyl (C=O) groups excluding carboxylic acids is 2. The molecule has 1 heterocycles. The molecule has 0 radical (unpaired) electrons. The zero-order chi connectivity index (χ0) is 22.1. The van der Waals surface area contributed by atoms with Gasteiger partial charge in [0.05, 0.1) is 0 Å². The van der Waals surface area contributed by atoms with Crippen LogP contribution in [-0.2, 0) is 12.8 Å². The third kappa shape index (κ3) is 3.70. The Hall–Kier alpha value is -3.53. The first-order valence-electron chi connectivity index (χ1n) is 10.7. The van der Waals surface area contributed by atoms with Crippen molar-refractivity contribution in [1.82, 2.24) is 0 Å². The summed E-state index contributed by atoms with van der Waals surface area (Å²) in [5.41, 5.74) is 6.79. The molecule has 1 aliphatic rings. The Morgan fingerprint density at radius 3 is 1.87 bits per heavy atom. The number of para-hydroxylation sites is 1. The highest BCUT2D eigenvalue weighted by atomic mass is 16.1. The normalized spacial score (nSPS) is 13.4. The third-order valence-electron chi connectivity index (χ3n) is 5.74. The van der Waals surface area contributed by atoms with Gasteiger partial charge in [0, 0.05) is 27.9 Å². The van der Waals surface area contributed by atoms with E-state index in [0.717, 1.165) is 40.8 Å². The number of Topliss-reactive ketones (excluding diaryl/α,β-unsaturated/α-hetero) is 2. The van der Waals surface area contributed by atoms with E-state index in [1.165, 1.54) is 0 Å². The number of allylic oxidation sites excluding steroid dienone is 2. The van der Waals surface area contributed by atoms with Gasteiger partial charge in [0.1, 0.15) is 0 Å². The highest BCUT2D eigenvalue weighted by Gasteiger charge is 2.39. The number of nitrogens with zero attached hydrogens (tertiary/aromatic N) is 1. The van der Waals surface area contributed by atoms with Gasteiger partial charge >= 0.3 is 0 Å². The Morgan fingerprint density at radius 2 is 1.32 bits per heavy atom. The van der Waals surface area contributed by atoms with E-state index in [1.54, 1.807) is 28.8 Å². The van der Waals surface area contributed by atoms with Crippen LogP contribution in [0.15, 0.2) is 66.6 Å². The second-order valence-electron chi connectivity index (χ2n) is 8.01. The number of benzene rings is 2. The maximum absolute atomic E-state index is 13.6.